The standard InChI is InChI=1S/C7H6N2.C2H2/c1-2-4-7-6(3-1)5-8-9-7;1-2/h1-5H,(H,8,9);1-2H. The zero-order chi connectivity index (χ0) is 8.10. The van der Waals surface area contributed by atoms with Crippen molar-refractivity contribution in [1.82, 2.24) is 10.2 Å². The molecule has 0 fully saturated rings. The van der Waals surface area contributed by atoms with E-state index in [9.17, 15) is 0 Å². The molecule has 2 rings (SSSR count). The van der Waals surface area contributed by atoms with Crippen LogP contribution in [0.1, 0.15) is 0 Å². The van der Waals surface area contributed by atoms with Crippen LogP contribution in [0.3, 0.4) is 0 Å². The molecule has 11 heavy (non-hydrogen) atoms. The van der Waals surface area contributed by atoms with Gasteiger partial charge in [-0.1, -0.05) is 18.2 Å². The highest BCUT2D eigenvalue weighted by Crippen LogP contribution is 2.06. The number of H-pyrrole nitrogens is 1. The fourth-order valence-electron chi connectivity index (χ4n) is 0.883. The first-order chi connectivity index (χ1) is 5.47. The molecule has 2 aromatic rings. The molecule has 1 aromatic heterocycles. The Labute approximate surface area is 65.2 Å². The first-order valence-corrected chi connectivity index (χ1v) is 3.18. The second-order valence-corrected chi connectivity index (χ2v) is 1.96. The van der Waals surface area contributed by atoms with Crippen molar-refractivity contribution in [3.8, 4) is 12.8 Å². The lowest BCUT2D eigenvalue weighted by Crippen LogP contribution is -1.63. The molecule has 0 aliphatic carbocycles. The molecule has 0 aliphatic rings. The van der Waals surface area contributed by atoms with Crippen LogP contribution in [0.2, 0.25) is 0 Å². The zero-order valence-corrected chi connectivity index (χ0v) is 5.99. The van der Waals surface area contributed by atoms with Gasteiger partial charge < -0.3 is 0 Å². The van der Waals surface area contributed by atoms with Gasteiger partial charge in [-0.2, -0.15) is 5.10 Å². The topological polar surface area (TPSA) is 28.7 Å². The average molecular weight is 144 g/mol. The molecule has 0 atom stereocenters. The number of aromatic nitrogens is 2. The minimum Gasteiger partial charge on any atom is -0.278 e. The van der Waals surface area contributed by atoms with Crippen LogP contribution < -0.4 is 0 Å². The highest BCUT2D eigenvalue weighted by atomic mass is 15.1. The van der Waals surface area contributed by atoms with E-state index in [4.69, 9.17) is 0 Å². The SMILES string of the molecule is C#C.c1ccc2[nH]ncc2c1. The number of aromatic amines is 1. The van der Waals surface area contributed by atoms with Gasteiger partial charge in [-0.25, -0.2) is 0 Å². The van der Waals surface area contributed by atoms with Gasteiger partial charge in [0.1, 0.15) is 0 Å². The van der Waals surface area contributed by atoms with Crippen molar-refractivity contribution in [2.24, 2.45) is 0 Å². The summed E-state index contributed by atoms with van der Waals surface area (Å²) in [6.07, 6.45) is 9.81. The number of nitrogens with zero attached hydrogens (tertiary/aromatic N) is 1. The van der Waals surface area contributed by atoms with Gasteiger partial charge in [0.15, 0.2) is 0 Å². The molecular weight excluding hydrogens is 136 g/mol. The quantitative estimate of drug-likeness (QED) is 0.561. The molecule has 0 unspecified atom stereocenters. The van der Waals surface area contributed by atoms with Gasteiger partial charge in [-0.3, -0.25) is 5.10 Å². The molecule has 54 valence electrons. The Kier molecular flexibility index (Phi) is 2.29. The van der Waals surface area contributed by atoms with Gasteiger partial charge in [0.2, 0.25) is 0 Å². The molecule has 0 saturated carbocycles. The highest BCUT2D eigenvalue weighted by Gasteiger charge is 1.88. The lowest BCUT2D eigenvalue weighted by Gasteiger charge is -1.81. The van der Waals surface area contributed by atoms with Crippen molar-refractivity contribution in [1.29, 1.82) is 0 Å². The van der Waals surface area contributed by atoms with E-state index in [-0.39, 0.29) is 0 Å². The van der Waals surface area contributed by atoms with Crippen molar-refractivity contribution in [3.05, 3.63) is 30.5 Å². The number of terminal acetylenes is 1. The summed E-state index contributed by atoms with van der Waals surface area (Å²) in [5, 5.41) is 7.91. The van der Waals surface area contributed by atoms with Crippen LogP contribution in [0.15, 0.2) is 30.5 Å². The van der Waals surface area contributed by atoms with E-state index in [1.807, 2.05) is 30.5 Å². The van der Waals surface area contributed by atoms with Crippen LogP contribution in [0, 0.1) is 12.8 Å². The smallest absolute Gasteiger partial charge is 0.0650 e. The Balaban J connectivity index is 0.000000281. The summed E-state index contributed by atoms with van der Waals surface area (Å²) in [7, 11) is 0. The van der Waals surface area contributed by atoms with Crippen LogP contribution >= 0.6 is 0 Å². The van der Waals surface area contributed by atoms with Crippen LogP contribution in [0.4, 0.5) is 0 Å². The van der Waals surface area contributed by atoms with Gasteiger partial charge in [0.05, 0.1) is 11.7 Å². The Morgan fingerprint density at radius 1 is 1.18 bits per heavy atom. The van der Waals surface area contributed by atoms with E-state index in [1.165, 1.54) is 0 Å². The van der Waals surface area contributed by atoms with Crippen LogP contribution in [-0.4, -0.2) is 10.2 Å². The van der Waals surface area contributed by atoms with Crippen LogP contribution in [0.5, 0.6) is 0 Å². The van der Waals surface area contributed by atoms with Crippen molar-refractivity contribution in [2.45, 2.75) is 0 Å². The maximum absolute atomic E-state index is 4.00. The highest BCUT2D eigenvalue weighted by molar-refractivity contribution is 5.77. The summed E-state index contributed by atoms with van der Waals surface area (Å²) < 4.78 is 0. The molecule has 1 heterocycles. The summed E-state index contributed by atoms with van der Waals surface area (Å²) in [6, 6.07) is 8.01. The van der Waals surface area contributed by atoms with E-state index in [0.717, 1.165) is 10.9 Å². The summed E-state index contributed by atoms with van der Waals surface area (Å²) in [5.74, 6) is 0. The number of fused-ring (bicyclic) bond motifs is 1. The maximum atomic E-state index is 4.00. The molecule has 0 radical (unpaired) electrons. The molecular formula is C9H8N2. The van der Waals surface area contributed by atoms with Gasteiger partial charge in [0, 0.05) is 5.39 Å². The van der Waals surface area contributed by atoms with E-state index >= 15 is 0 Å². The second kappa shape index (κ2) is 3.43. The van der Waals surface area contributed by atoms with Crippen LogP contribution in [0.25, 0.3) is 10.9 Å². The van der Waals surface area contributed by atoms with Crippen LogP contribution in [-0.2, 0) is 0 Å². The Morgan fingerprint density at radius 3 is 2.64 bits per heavy atom. The van der Waals surface area contributed by atoms with Gasteiger partial charge in [-0.15, -0.1) is 12.8 Å². The van der Waals surface area contributed by atoms with Gasteiger partial charge in [-0.05, 0) is 6.07 Å². The van der Waals surface area contributed by atoms with Crippen molar-refractivity contribution < 1.29 is 0 Å². The molecule has 1 aromatic carbocycles. The number of benzene rings is 1. The van der Waals surface area contributed by atoms with Crippen molar-refractivity contribution in [3.63, 3.8) is 0 Å². The summed E-state index contributed by atoms with van der Waals surface area (Å²) in [6.45, 7) is 0. The average Bonchev–Trinajstić information content (AvgIpc) is 2.55. The maximum Gasteiger partial charge on any atom is 0.0650 e. The first kappa shape index (κ1) is 7.36. The zero-order valence-electron chi connectivity index (χ0n) is 5.99. The molecule has 2 heteroatoms. The number of para-hydroxylation sites is 1. The largest absolute Gasteiger partial charge is 0.278 e. The minimum atomic E-state index is 1.09. The van der Waals surface area contributed by atoms with E-state index in [2.05, 4.69) is 23.0 Å². The molecule has 0 saturated heterocycles. The molecule has 0 bridgehead atoms. The fourth-order valence-corrected chi connectivity index (χ4v) is 0.883. The lowest BCUT2D eigenvalue weighted by molar-refractivity contribution is 1.12. The van der Waals surface area contributed by atoms with Crippen molar-refractivity contribution in [2.75, 3.05) is 0 Å². The van der Waals surface area contributed by atoms with E-state index < -0.39 is 0 Å². The van der Waals surface area contributed by atoms with E-state index in [0.29, 0.717) is 0 Å². The van der Waals surface area contributed by atoms with E-state index in [1.54, 1.807) is 0 Å². The molecule has 2 nitrogen and oxygen atoms in total. The monoisotopic (exact) mass is 144 g/mol. The summed E-state index contributed by atoms with van der Waals surface area (Å²) >= 11 is 0. The Morgan fingerprint density at radius 2 is 1.91 bits per heavy atom. The predicted molar refractivity (Wildman–Crippen MR) is 46.0 cm³/mol. The Hall–Kier alpha value is -1.75. The summed E-state index contributed by atoms with van der Waals surface area (Å²) in [5.41, 5.74) is 1.09. The lowest BCUT2D eigenvalue weighted by atomic mass is 10.3. The number of nitrogens with one attached hydrogen (secondary N) is 1. The fraction of sp³-hybridized carbons (Fsp3) is 0. The van der Waals surface area contributed by atoms with Crippen molar-refractivity contribution >= 4 is 10.9 Å². The summed E-state index contributed by atoms with van der Waals surface area (Å²) in [4.78, 5) is 0. The Bertz CT molecular complexity index is 316. The number of hydrogen-bond donors (Lipinski definition) is 1. The van der Waals surface area contributed by atoms with Gasteiger partial charge >= 0.3 is 0 Å². The normalized spacial score (nSPS) is 8.55. The number of rotatable bonds is 0. The molecule has 0 spiro atoms. The molecule has 1 N–H and O–H groups in total. The minimum absolute atomic E-state index is 1.09. The predicted octanol–water partition coefficient (Wildman–Crippen LogP) is 1.81. The third-order valence-corrected chi connectivity index (χ3v) is 1.35. The first-order valence-electron chi connectivity index (χ1n) is 3.18. The number of hydrogen-bond acceptors (Lipinski definition) is 1. The second-order valence-electron chi connectivity index (χ2n) is 1.96. The van der Waals surface area contributed by atoms with Gasteiger partial charge in [0.25, 0.3) is 0 Å². The molecule has 0 aliphatic heterocycles. The third-order valence-electron chi connectivity index (χ3n) is 1.35. The third kappa shape index (κ3) is 1.39. The molecule has 0 amide bonds.